The van der Waals surface area contributed by atoms with E-state index in [2.05, 4.69) is 10.6 Å². The summed E-state index contributed by atoms with van der Waals surface area (Å²) in [6.45, 7) is 0.333. The Bertz CT molecular complexity index is 1010. The van der Waals surface area contributed by atoms with Crippen LogP contribution in [0.25, 0.3) is 0 Å². The molecule has 0 bridgehead atoms. The third kappa shape index (κ3) is 6.53. The van der Waals surface area contributed by atoms with Crippen molar-refractivity contribution in [1.29, 1.82) is 0 Å². The summed E-state index contributed by atoms with van der Waals surface area (Å²) in [5.74, 6) is 1.05. The van der Waals surface area contributed by atoms with Gasteiger partial charge in [0.2, 0.25) is 5.91 Å². The van der Waals surface area contributed by atoms with Crippen molar-refractivity contribution in [1.82, 2.24) is 10.6 Å². The number of hydrogen-bond acceptors (Lipinski definition) is 3. The van der Waals surface area contributed by atoms with Crippen LogP contribution in [0.15, 0.2) is 78.9 Å². The summed E-state index contributed by atoms with van der Waals surface area (Å²) in [5, 5.41) is 6.06. The number of benzene rings is 3. The van der Waals surface area contributed by atoms with Gasteiger partial charge >= 0.3 is 6.03 Å². The van der Waals surface area contributed by atoms with Gasteiger partial charge in [-0.1, -0.05) is 54.1 Å². The zero-order valence-corrected chi connectivity index (χ0v) is 16.9. The highest BCUT2D eigenvalue weighted by Crippen LogP contribution is 2.26. The number of amides is 3. The maximum atomic E-state index is 12.5. The first-order valence-corrected chi connectivity index (χ1v) is 9.77. The number of nitrogens with two attached hydrogens (primary N) is 1. The van der Waals surface area contributed by atoms with Gasteiger partial charge in [0.1, 0.15) is 11.5 Å². The first kappa shape index (κ1) is 21.2. The molecular formula is C23H22ClN3O3. The molecule has 0 unspecified atom stereocenters. The molecule has 0 aliphatic rings. The monoisotopic (exact) mass is 423 g/mol. The summed E-state index contributed by atoms with van der Waals surface area (Å²) in [4.78, 5) is 24.0. The van der Waals surface area contributed by atoms with Crippen molar-refractivity contribution in [3.8, 4) is 11.5 Å². The predicted molar refractivity (Wildman–Crippen MR) is 116 cm³/mol. The van der Waals surface area contributed by atoms with Crippen molar-refractivity contribution < 1.29 is 14.3 Å². The topological polar surface area (TPSA) is 93.5 Å². The molecule has 0 spiro atoms. The molecule has 154 valence electrons. The fourth-order valence-corrected chi connectivity index (χ4v) is 3.16. The van der Waals surface area contributed by atoms with Crippen LogP contribution in [0.5, 0.6) is 11.5 Å². The second kappa shape index (κ2) is 10.3. The molecule has 30 heavy (non-hydrogen) atoms. The molecule has 4 N–H and O–H groups in total. The predicted octanol–water partition coefficient (Wildman–Crippen LogP) is 4.55. The van der Waals surface area contributed by atoms with E-state index >= 15 is 0 Å². The minimum absolute atomic E-state index is 0.0261. The number of primary amides is 1. The van der Waals surface area contributed by atoms with Gasteiger partial charge in [-0.3, -0.25) is 4.79 Å². The van der Waals surface area contributed by atoms with Gasteiger partial charge in [0.25, 0.3) is 0 Å². The van der Waals surface area contributed by atoms with Crippen LogP contribution < -0.4 is 21.1 Å². The summed E-state index contributed by atoms with van der Waals surface area (Å²) in [5.41, 5.74) is 6.91. The van der Waals surface area contributed by atoms with E-state index < -0.39 is 12.1 Å². The minimum Gasteiger partial charge on any atom is -0.457 e. The van der Waals surface area contributed by atoms with Gasteiger partial charge in [-0.25, -0.2) is 4.79 Å². The summed E-state index contributed by atoms with van der Waals surface area (Å²) in [6.07, 6.45) is 0.0261. The van der Waals surface area contributed by atoms with Crippen LogP contribution in [0, 0.1) is 0 Å². The average molecular weight is 424 g/mol. The summed E-state index contributed by atoms with van der Waals surface area (Å²) < 4.78 is 5.84. The van der Waals surface area contributed by atoms with Gasteiger partial charge in [-0.2, -0.15) is 0 Å². The molecule has 7 heteroatoms. The summed E-state index contributed by atoms with van der Waals surface area (Å²) >= 11 is 5.97. The standard InChI is InChI=1S/C23H22ClN3O3/c24-18-8-4-6-16(12-18)15-26-22(28)14-21(27-23(25)29)17-7-5-11-20(13-17)30-19-9-2-1-3-10-19/h1-13,21H,14-15H2,(H,26,28)(H3,25,27,29)/t21-/m1/s1. The average Bonchev–Trinajstić information content (AvgIpc) is 2.72. The highest BCUT2D eigenvalue weighted by atomic mass is 35.5. The molecule has 6 nitrogen and oxygen atoms in total. The molecule has 0 saturated heterocycles. The Morgan fingerprint density at radius 2 is 1.67 bits per heavy atom. The Hall–Kier alpha value is -3.51. The Labute approximate surface area is 180 Å². The molecule has 0 heterocycles. The van der Waals surface area contributed by atoms with Crippen LogP contribution in [0.1, 0.15) is 23.6 Å². The quantitative estimate of drug-likeness (QED) is 0.496. The van der Waals surface area contributed by atoms with Gasteiger partial charge in [0, 0.05) is 11.6 Å². The van der Waals surface area contributed by atoms with E-state index in [0.29, 0.717) is 28.6 Å². The largest absolute Gasteiger partial charge is 0.457 e. The SMILES string of the molecule is NC(=O)N[C@H](CC(=O)NCc1cccc(Cl)c1)c1cccc(Oc2ccccc2)c1. The van der Waals surface area contributed by atoms with E-state index in [0.717, 1.165) is 5.56 Å². The van der Waals surface area contributed by atoms with Crippen LogP contribution >= 0.6 is 11.6 Å². The van der Waals surface area contributed by atoms with E-state index in [-0.39, 0.29) is 12.3 Å². The third-order valence-corrected chi connectivity index (χ3v) is 4.56. The molecule has 0 saturated carbocycles. The molecule has 0 aliphatic heterocycles. The second-order valence-electron chi connectivity index (χ2n) is 6.66. The van der Waals surface area contributed by atoms with E-state index in [1.807, 2.05) is 48.5 Å². The Morgan fingerprint density at radius 1 is 0.933 bits per heavy atom. The van der Waals surface area contributed by atoms with E-state index in [1.54, 1.807) is 30.3 Å². The molecule has 3 rings (SSSR count). The maximum absolute atomic E-state index is 12.5. The molecule has 0 aromatic heterocycles. The number of carbonyl (C=O) groups excluding carboxylic acids is 2. The first-order valence-electron chi connectivity index (χ1n) is 9.39. The molecule has 0 fully saturated rings. The van der Waals surface area contributed by atoms with Gasteiger partial charge in [0.15, 0.2) is 0 Å². The molecule has 0 aliphatic carbocycles. The summed E-state index contributed by atoms with van der Waals surface area (Å²) in [7, 11) is 0. The molecule has 1 atom stereocenters. The number of halogens is 1. The van der Waals surface area contributed by atoms with Gasteiger partial charge < -0.3 is 21.1 Å². The van der Waals surface area contributed by atoms with Crippen molar-refractivity contribution in [3.63, 3.8) is 0 Å². The lowest BCUT2D eigenvalue weighted by molar-refractivity contribution is -0.121. The molecule has 3 amide bonds. The second-order valence-corrected chi connectivity index (χ2v) is 7.10. The number of para-hydroxylation sites is 1. The van der Waals surface area contributed by atoms with E-state index in [1.165, 1.54) is 0 Å². The lowest BCUT2D eigenvalue weighted by Crippen LogP contribution is -2.36. The fourth-order valence-electron chi connectivity index (χ4n) is 2.95. The van der Waals surface area contributed by atoms with Gasteiger partial charge in [-0.05, 0) is 47.5 Å². The number of ether oxygens (including phenoxy) is 1. The number of carbonyl (C=O) groups is 2. The Balaban J connectivity index is 1.68. The third-order valence-electron chi connectivity index (χ3n) is 4.32. The zero-order valence-electron chi connectivity index (χ0n) is 16.2. The van der Waals surface area contributed by atoms with Crippen molar-refractivity contribution in [2.45, 2.75) is 19.0 Å². The van der Waals surface area contributed by atoms with Crippen LogP contribution in [-0.4, -0.2) is 11.9 Å². The Kier molecular flexibility index (Phi) is 7.29. The smallest absolute Gasteiger partial charge is 0.312 e. The molecule has 0 radical (unpaired) electrons. The first-order chi connectivity index (χ1) is 14.5. The van der Waals surface area contributed by atoms with Crippen LogP contribution in [0.3, 0.4) is 0 Å². The Morgan fingerprint density at radius 3 is 2.40 bits per heavy atom. The minimum atomic E-state index is -0.711. The maximum Gasteiger partial charge on any atom is 0.312 e. The van der Waals surface area contributed by atoms with Crippen molar-refractivity contribution in [3.05, 3.63) is 95.0 Å². The van der Waals surface area contributed by atoms with Crippen molar-refractivity contribution in [2.75, 3.05) is 0 Å². The van der Waals surface area contributed by atoms with Crippen LogP contribution in [0.4, 0.5) is 4.79 Å². The number of rotatable bonds is 8. The van der Waals surface area contributed by atoms with Crippen LogP contribution in [-0.2, 0) is 11.3 Å². The molecule has 3 aromatic rings. The number of urea groups is 1. The number of hydrogen-bond donors (Lipinski definition) is 3. The molecular weight excluding hydrogens is 402 g/mol. The van der Waals surface area contributed by atoms with Gasteiger partial charge in [0.05, 0.1) is 12.5 Å². The highest BCUT2D eigenvalue weighted by molar-refractivity contribution is 6.30. The fraction of sp³-hybridized carbons (Fsp3) is 0.130. The van der Waals surface area contributed by atoms with E-state index in [9.17, 15) is 9.59 Å². The van der Waals surface area contributed by atoms with Crippen molar-refractivity contribution >= 4 is 23.5 Å². The highest BCUT2D eigenvalue weighted by Gasteiger charge is 2.18. The lowest BCUT2D eigenvalue weighted by atomic mass is 10.0. The van der Waals surface area contributed by atoms with Crippen molar-refractivity contribution in [2.24, 2.45) is 5.73 Å². The van der Waals surface area contributed by atoms with Crippen LogP contribution in [0.2, 0.25) is 5.02 Å². The zero-order chi connectivity index (χ0) is 21.3. The molecule has 3 aromatic carbocycles. The normalized spacial score (nSPS) is 11.4. The lowest BCUT2D eigenvalue weighted by Gasteiger charge is -2.19. The van der Waals surface area contributed by atoms with E-state index in [4.69, 9.17) is 22.1 Å². The van der Waals surface area contributed by atoms with Gasteiger partial charge in [-0.15, -0.1) is 0 Å². The number of nitrogens with one attached hydrogen (secondary N) is 2. The summed E-state index contributed by atoms with van der Waals surface area (Å²) in [6, 6.07) is 22.5.